The fourth-order valence-corrected chi connectivity index (χ4v) is 1.70. The maximum absolute atomic E-state index is 9.70. The molecule has 13 heavy (non-hydrogen) atoms. The molecule has 0 saturated heterocycles. The average molecular weight is 178 g/mol. The Labute approximate surface area is 78.0 Å². The summed E-state index contributed by atoms with van der Waals surface area (Å²) in [5.74, 6) is 0.929. The molecule has 1 aromatic rings. The predicted molar refractivity (Wildman–Crippen MR) is 51.8 cm³/mol. The number of fused-ring (bicyclic) bond motifs is 1. The van der Waals surface area contributed by atoms with Crippen LogP contribution in [0, 0.1) is 6.92 Å². The second kappa shape index (κ2) is 3.00. The molecule has 0 amide bonds. The third-order valence-corrected chi connectivity index (χ3v) is 2.50. The first-order valence-corrected chi connectivity index (χ1v) is 4.55. The molecule has 1 aliphatic rings. The van der Waals surface area contributed by atoms with Gasteiger partial charge in [-0.25, -0.2) is 4.98 Å². The van der Waals surface area contributed by atoms with Gasteiger partial charge < -0.3 is 10.0 Å². The second-order valence-electron chi connectivity index (χ2n) is 3.59. The van der Waals surface area contributed by atoms with E-state index in [1.807, 2.05) is 26.1 Å². The first-order chi connectivity index (χ1) is 6.18. The number of aliphatic hydroxyl groups is 1. The van der Waals surface area contributed by atoms with Crippen molar-refractivity contribution < 1.29 is 5.11 Å². The zero-order valence-electron chi connectivity index (χ0n) is 7.99. The minimum absolute atomic E-state index is 0.334. The summed E-state index contributed by atoms with van der Waals surface area (Å²) in [7, 11) is 2.01. The van der Waals surface area contributed by atoms with Gasteiger partial charge in [-0.2, -0.15) is 0 Å². The smallest absolute Gasteiger partial charge is 0.134 e. The molecule has 3 nitrogen and oxygen atoms in total. The first kappa shape index (κ1) is 8.51. The van der Waals surface area contributed by atoms with Crippen molar-refractivity contribution in [1.82, 2.24) is 4.98 Å². The fraction of sp³-hybridized carbons (Fsp3) is 0.500. The van der Waals surface area contributed by atoms with E-state index in [1.54, 1.807) is 0 Å². The molecular formula is C10H14N2O. The van der Waals surface area contributed by atoms with Crippen LogP contribution in [0.15, 0.2) is 12.1 Å². The van der Waals surface area contributed by atoms with Crippen molar-refractivity contribution in [3.63, 3.8) is 0 Å². The van der Waals surface area contributed by atoms with Gasteiger partial charge in [-0.15, -0.1) is 0 Å². The topological polar surface area (TPSA) is 36.4 Å². The lowest BCUT2D eigenvalue weighted by Gasteiger charge is -2.29. The van der Waals surface area contributed by atoms with Gasteiger partial charge in [0.2, 0.25) is 0 Å². The van der Waals surface area contributed by atoms with Gasteiger partial charge in [-0.05, 0) is 19.4 Å². The Morgan fingerprint density at radius 1 is 1.54 bits per heavy atom. The van der Waals surface area contributed by atoms with E-state index < -0.39 is 0 Å². The Morgan fingerprint density at radius 3 is 3.08 bits per heavy atom. The fourth-order valence-electron chi connectivity index (χ4n) is 1.70. The van der Waals surface area contributed by atoms with E-state index in [-0.39, 0.29) is 6.10 Å². The molecule has 0 saturated carbocycles. The minimum Gasteiger partial charge on any atom is -0.388 e. The maximum Gasteiger partial charge on any atom is 0.134 e. The number of pyridine rings is 1. The van der Waals surface area contributed by atoms with Crippen LogP contribution in [-0.2, 0) is 0 Å². The molecule has 3 heteroatoms. The number of aryl methyl sites for hydroxylation is 1. The minimum atomic E-state index is -0.334. The number of aliphatic hydroxyl groups excluding tert-OH is 1. The van der Waals surface area contributed by atoms with Crippen LogP contribution in [0.2, 0.25) is 0 Å². The lowest BCUT2D eigenvalue weighted by Crippen LogP contribution is -2.28. The highest BCUT2D eigenvalue weighted by molar-refractivity contribution is 5.50. The molecule has 1 atom stereocenters. The van der Waals surface area contributed by atoms with Crippen molar-refractivity contribution in [2.45, 2.75) is 19.4 Å². The number of nitrogens with zero attached hydrogens (tertiary/aromatic N) is 2. The SMILES string of the molecule is Cc1ccc2c(n1)N(C)CCC2O. The molecule has 0 radical (unpaired) electrons. The van der Waals surface area contributed by atoms with E-state index in [2.05, 4.69) is 9.88 Å². The van der Waals surface area contributed by atoms with Crippen molar-refractivity contribution in [1.29, 1.82) is 0 Å². The molecule has 0 spiro atoms. The Bertz CT molecular complexity index is 325. The van der Waals surface area contributed by atoms with Gasteiger partial charge in [0.25, 0.3) is 0 Å². The zero-order chi connectivity index (χ0) is 9.42. The van der Waals surface area contributed by atoms with Crippen molar-refractivity contribution in [2.75, 3.05) is 18.5 Å². The molecule has 70 valence electrons. The van der Waals surface area contributed by atoms with Gasteiger partial charge in [0.1, 0.15) is 5.82 Å². The quantitative estimate of drug-likeness (QED) is 0.649. The summed E-state index contributed by atoms with van der Waals surface area (Å²) in [4.78, 5) is 6.50. The molecule has 1 N–H and O–H groups in total. The standard InChI is InChI=1S/C10H14N2O/c1-7-3-4-8-9(13)5-6-12(2)10(8)11-7/h3-4,9,13H,5-6H2,1-2H3. The maximum atomic E-state index is 9.70. The molecule has 0 aliphatic carbocycles. The number of rotatable bonds is 0. The Kier molecular flexibility index (Phi) is 1.96. The molecule has 1 aromatic heterocycles. The molecule has 0 aromatic carbocycles. The van der Waals surface area contributed by atoms with Gasteiger partial charge in [0.05, 0.1) is 6.10 Å². The molecule has 0 bridgehead atoms. The van der Waals surface area contributed by atoms with Crippen LogP contribution in [0.1, 0.15) is 23.8 Å². The second-order valence-corrected chi connectivity index (χ2v) is 3.59. The van der Waals surface area contributed by atoms with Crippen LogP contribution < -0.4 is 4.90 Å². The molecular weight excluding hydrogens is 164 g/mol. The summed E-state index contributed by atoms with van der Waals surface area (Å²) in [6.07, 6.45) is 0.466. The summed E-state index contributed by atoms with van der Waals surface area (Å²) < 4.78 is 0. The normalized spacial score (nSPS) is 21.5. The molecule has 2 rings (SSSR count). The Balaban J connectivity index is 2.50. The Hall–Kier alpha value is -1.09. The van der Waals surface area contributed by atoms with Gasteiger partial charge in [0.15, 0.2) is 0 Å². The van der Waals surface area contributed by atoms with E-state index in [0.29, 0.717) is 0 Å². The lowest BCUT2D eigenvalue weighted by molar-refractivity contribution is 0.164. The van der Waals surface area contributed by atoms with Crippen molar-refractivity contribution in [2.24, 2.45) is 0 Å². The van der Waals surface area contributed by atoms with Crippen molar-refractivity contribution >= 4 is 5.82 Å². The van der Waals surface area contributed by atoms with Crippen LogP contribution in [0.4, 0.5) is 5.82 Å². The van der Waals surface area contributed by atoms with Gasteiger partial charge in [-0.3, -0.25) is 0 Å². The van der Waals surface area contributed by atoms with Crippen LogP contribution in [-0.4, -0.2) is 23.7 Å². The van der Waals surface area contributed by atoms with Crippen LogP contribution >= 0.6 is 0 Å². The largest absolute Gasteiger partial charge is 0.388 e. The zero-order valence-corrected chi connectivity index (χ0v) is 7.99. The average Bonchev–Trinajstić information content (AvgIpc) is 2.12. The lowest BCUT2D eigenvalue weighted by atomic mass is 10.0. The highest BCUT2D eigenvalue weighted by Crippen LogP contribution is 2.30. The monoisotopic (exact) mass is 178 g/mol. The van der Waals surface area contributed by atoms with Gasteiger partial charge in [-0.1, -0.05) is 6.07 Å². The highest BCUT2D eigenvalue weighted by Gasteiger charge is 2.22. The summed E-state index contributed by atoms with van der Waals surface area (Å²) >= 11 is 0. The molecule has 0 fully saturated rings. The van der Waals surface area contributed by atoms with E-state index in [1.165, 1.54) is 0 Å². The van der Waals surface area contributed by atoms with E-state index in [0.717, 1.165) is 30.0 Å². The number of hydrogen-bond acceptors (Lipinski definition) is 3. The van der Waals surface area contributed by atoms with Crippen LogP contribution in [0.3, 0.4) is 0 Å². The summed E-state index contributed by atoms with van der Waals surface area (Å²) in [5, 5.41) is 9.70. The summed E-state index contributed by atoms with van der Waals surface area (Å²) in [6, 6.07) is 3.92. The third kappa shape index (κ3) is 1.40. The van der Waals surface area contributed by atoms with Gasteiger partial charge in [0, 0.05) is 24.8 Å². The summed E-state index contributed by atoms with van der Waals surface area (Å²) in [5.41, 5.74) is 1.96. The molecule has 2 heterocycles. The molecule has 1 unspecified atom stereocenters. The first-order valence-electron chi connectivity index (χ1n) is 4.55. The van der Waals surface area contributed by atoms with Crippen LogP contribution in [0.5, 0.6) is 0 Å². The summed E-state index contributed by atoms with van der Waals surface area (Å²) in [6.45, 7) is 2.85. The van der Waals surface area contributed by atoms with E-state index in [4.69, 9.17) is 0 Å². The number of aromatic nitrogens is 1. The van der Waals surface area contributed by atoms with Crippen molar-refractivity contribution in [3.05, 3.63) is 23.4 Å². The van der Waals surface area contributed by atoms with E-state index in [9.17, 15) is 5.11 Å². The third-order valence-electron chi connectivity index (χ3n) is 2.50. The number of hydrogen-bond donors (Lipinski definition) is 1. The van der Waals surface area contributed by atoms with Crippen LogP contribution in [0.25, 0.3) is 0 Å². The molecule has 1 aliphatic heterocycles. The van der Waals surface area contributed by atoms with E-state index >= 15 is 0 Å². The van der Waals surface area contributed by atoms with Gasteiger partial charge >= 0.3 is 0 Å². The number of anilines is 1. The van der Waals surface area contributed by atoms with Crippen molar-refractivity contribution in [3.8, 4) is 0 Å². The Morgan fingerprint density at radius 2 is 2.31 bits per heavy atom. The predicted octanol–water partition coefficient (Wildman–Crippen LogP) is 1.26. The highest BCUT2D eigenvalue weighted by atomic mass is 16.3.